The average Bonchev–Trinajstić information content (AvgIpc) is 3.50. The molecule has 3 N–H and O–H groups in total. The Bertz CT molecular complexity index is 1220. The summed E-state index contributed by atoms with van der Waals surface area (Å²) in [5.41, 5.74) is 1.20. The number of nitrogens with one attached hydrogen (secondary N) is 3. The first-order valence-electron chi connectivity index (χ1n) is 10.9. The molecule has 2 aromatic heterocycles. The molecule has 3 heterocycles. The van der Waals surface area contributed by atoms with Crippen LogP contribution in [0.15, 0.2) is 24.4 Å². The number of aromatic nitrogens is 3. The molecule has 2 fully saturated rings. The van der Waals surface area contributed by atoms with E-state index in [0.29, 0.717) is 52.5 Å². The number of ether oxygens (including phenoxy) is 2. The molecule has 0 radical (unpaired) electrons. The Labute approximate surface area is 183 Å². The lowest BCUT2D eigenvalue weighted by Gasteiger charge is -2.41. The SMILES string of the molecule is CNc1cc(Nc2cc(F)cc3c2OC2CCC2O3)nc2c(C(=O)NCC3CC3)cnn12. The van der Waals surface area contributed by atoms with Crippen LogP contribution >= 0.6 is 0 Å². The molecule has 2 atom stereocenters. The topological polar surface area (TPSA) is 102 Å². The van der Waals surface area contributed by atoms with Gasteiger partial charge in [0.25, 0.3) is 5.91 Å². The Morgan fingerprint density at radius 2 is 2.00 bits per heavy atom. The molecular formula is C22H23FN6O3. The van der Waals surface area contributed by atoms with Gasteiger partial charge in [-0.15, -0.1) is 0 Å². The standard InChI is InChI=1S/C22H23FN6O3/c1-24-19-8-18(28-21-13(10-26-29(19)21)22(30)25-9-11-2-3-11)27-14-6-12(23)7-17-20(14)32-16-5-4-15(16)31-17/h6-8,10-11,15-16,24H,2-5,9H2,1H3,(H,25,30)(H,27,28). The highest BCUT2D eigenvalue weighted by atomic mass is 19.1. The van der Waals surface area contributed by atoms with E-state index in [2.05, 4.69) is 26.0 Å². The quantitative estimate of drug-likeness (QED) is 0.544. The van der Waals surface area contributed by atoms with Crippen LogP contribution in [0.3, 0.4) is 0 Å². The third-order valence-corrected chi connectivity index (χ3v) is 6.20. The fourth-order valence-corrected chi connectivity index (χ4v) is 4.05. The maximum atomic E-state index is 14.3. The molecular weight excluding hydrogens is 415 g/mol. The summed E-state index contributed by atoms with van der Waals surface area (Å²) in [5.74, 6) is 1.81. The zero-order valence-electron chi connectivity index (χ0n) is 17.5. The van der Waals surface area contributed by atoms with Crippen molar-refractivity contribution in [3.05, 3.63) is 35.8 Å². The molecule has 166 valence electrons. The number of fused-ring (bicyclic) bond motifs is 3. The highest BCUT2D eigenvalue weighted by Gasteiger charge is 2.40. The number of hydrogen-bond donors (Lipinski definition) is 3. The van der Waals surface area contributed by atoms with E-state index in [1.807, 2.05) is 0 Å². The van der Waals surface area contributed by atoms with Crippen molar-refractivity contribution in [2.24, 2.45) is 5.92 Å². The molecule has 2 unspecified atom stereocenters. The maximum Gasteiger partial charge on any atom is 0.256 e. The molecule has 6 rings (SSSR count). The number of halogens is 1. The summed E-state index contributed by atoms with van der Waals surface area (Å²) >= 11 is 0. The summed E-state index contributed by atoms with van der Waals surface area (Å²) in [7, 11) is 1.75. The fraction of sp³-hybridized carbons (Fsp3) is 0.409. The van der Waals surface area contributed by atoms with Crippen molar-refractivity contribution in [1.29, 1.82) is 0 Å². The van der Waals surface area contributed by atoms with Crippen LogP contribution in [0.25, 0.3) is 5.65 Å². The van der Waals surface area contributed by atoms with Crippen LogP contribution in [0.5, 0.6) is 11.5 Å². The molecule has 3 aromatic rings. The van der Waals surface area contributed by atoms with Gasteiger partial charge in [-0.2, -0.15) is 9.61 Å². The van der Waals surface area contributed by atoms with E-state index in [-0.39, 0.29) is 18.1 Å². The number of benzene rings is 1. The molecule has 32 heavy (non-hydrogen) atoms. The van der Waals surface area contributed by atoms with Crippen LogP contribution in [-0.2, 0) is 0 Å². The van der Waals surface area contributed by atoms with Gasteiger partial charge in [0.2, 0.25) is 0 Å². The van der Waals surface area contributed by atoms with E-state index in [0.717, 1.165) is 25.7 Å². The van der Waals surface area contributed by atoms with Gasteiger partial charge in [-0.25, -0.2) is 9.37 Å². The molecule has 3 aliphatic rings. The summed E-state index contributed by atoms with van der Waals surface area (Å²) in [5, 5.41) is 13.5. The van der Waals surface area contributed by atoms with Crippen LogP contribution in [0.1, 0.15) is 36.0 Å². The lowest BCUT2D eigenvalue weighted by atomic mass is 9.90. The number of nitrogens with zero attached hydrogens (tertiary/aromatic N) is 3. The second kappa shape index (κ2) is 7.25. The van der Waals surface area contributed by atoms with E-state index >= 15 is 0 Å². The minimum absolute atomic E-state index is 0.0200. The largest absolute Gasteiger partial charge is 0.482 e. The number of carbonyl (C=O) groups is 1. The third kappa shape index (κ3) is 3.26. The Morgan fingerprint density at radius 1 is 1.19 bits per heavy atom. The summed E-state index contributed by atoms with van der Waals surface area (Å²) in [4.78, 5) is 17.3. The van der Waals surface area contributed by atoms with Crippen molar-refractivity contribution < 1.29 is 18.7 Å². The summed E-state index contributed by atoms with van der Waals surface area (Å²) in [6, 6.07) is 4.43. The molecule has 0 bridgehead atoms. The first-order valence-corrected chi connectivity index (χ1v) is 10.9. The number of carbonyl (C=O) groups excluding carboxylic acids is 1. The molecule has 0 spiro atoms. The van der Waals surface area contributed by atoms with E-state index in [4.69, 9.17) is 9.47 Å². The smallest absolute Gasteiger partial charge is 0.256 e. The molecule has 1 aliphatic heterocycles. The lowest BCUT2D eigenvalue weighted by molar-refractivity contribution is -0.0464. The van der Waals surface area contributed by atoms with Crippen LogP contribution in [0.2, 0.25) is 0 Å². The van der Waals surface area contributed by atoms with Gasteiger partial charge >= 0.3 is 0 Å². The number of amides is 1. The number of hydrogen-bond acceptors (Lipinski definition) is 7. The second-order valence-electron chi connectivity index (χ2n) is 8.52. The Balaban J connectivity index is 1.35. The van der Waals surface area contributed by atoms with E-state index in [1.54, 1.807) is 17.6 Å². The van der Waals surface area contributed by atoms with Crippen molar-refractivity contribution >= 4 is 28.9 Å². The van der Waals surface area contributed by atoms with Gasteiger partial charge in [-0.05, 0) is 31.6 Å². The molecule has 9 nitrogen and oxygen atoms in total. The Hall–Kier alpha value is -3.56. The molecule has 0 saturated heterocycles. The number of rotatable bonds is 6. The monoisotopic (exact) mass is 438 g/mol. The van der Waals surface area contributed by atoms with Gasteiger partial charge in [0.1, 0.15) is 35.2 Å². The second-order valence-corrected chi connectivity index (χ2v) is 8.52. The fourth-order valence-electron chi connectivity index (χ4n) is 4.05. The highest BCUT2D eigenvalue weighted by Crippen LogP contribution is 2.46. The minimum atomic E-state index is -0.438. The van der Waals surface area contributed by atoms with Gasteiger partial charge in [0.05, 0.1) is 11.9 Å². The molecule has 2 aliphatic carbocycles. The Kier molecular flexibility index (Phi) is 4.34. The normalized spacial score (nSPS) is 20.9. The van der Waals surface area contributed by atoms with Gasteiger partial charge in [-0.1, -0.05) is 0 Å². The first-order chi connectivity index (χ1) is 15.6. The minimum Gasteiger partial charge on any atom is -0.482 e. The first kappa shape index (κ1) is 19.1. The molecule has 1 aromatic carbocycles. The van der Waals surface area contributed by atoms with Crippen molar-refractivity contribution in [3.8, 4) is 11.5 Å². The van der Waals surface area contributed by atoms with Crippen molar-refractivity contribution in [2.45, 2.75) is 37.9 Å². The van der Waals surface area contributed by atoms with Crippen LogP contribution in [-0.4, -0.2) is 46.3 Å². The van der Waals surface area contributed by atoms with Crippen molar-refractivity contribution in [3.63, 3.8) is 0 Å². The Morgan fingerprint density at radius 3 is 2.75 bits per heavy atom. The zero-order valence-corrected chi connectivity index (χ0v) is 17.5. The van der Waals surface area contributed by atoms with Gasteiger partial charge in [0.15, 0.2) is 17.1 Å². The molecule has 10 heteroatoms. The molecule has 1 amide bonds. The van der Waals surface area contributed by atoms with E-state index in [9.17, 15) is 9.18 Å². The van der Waals surface area contributed by atoms with E-state index in [1.165, 1.54) is 18.3 Å². The average molecular weight is 438 g/mol. The van der Waals surface area contributed by atoms with E-state index < -0.39 is 5.82 Å². The summed E-state index contributed by atoms with van der Waals surface area (Å²) < 4.78 is 27.8. The maximum absolute atomic E-state index is 14.3. The van der Waals surface area contributed by atoms with Gasteiger partial charge in [-0.3, -0.25) is 4.79 Å². The van der Waals surface area contributed by atoms with Crippen molar-refractivity contribution in [2.75, 3.05) is 24.2 Å². The van der Waals surface area contributed by atoms with Gasteiger partial charge in [0, 0.05) is 31.8 Å². The van der Waals surface area contributed by atoms with Crippen LogP contribution in [0, 0.1) is 11.7 Å². The van der Waals surface area contributed by atoms with Gasteiger partial charge < -0.3 is 25.4 Å². The summed E-state index contributed by atoms with van der Waals surface area (Å²) in [6.07, 6.45) is 5.57. The predicted molar refractivity (Wildman–Crippen MR) is 115 cm³/mol. The van der Waals surface area contributed by atoms with Crippen molar-refractivity contribution in [1.82, 2.24) is 19.9 Å². The number of anilines is 3. The van der Waals surface area contributed by atoms with Crippen LogP contribution in [0.4, 0.5) is 21.7 Å². The zero-order chi connectivity index (χ0) is 21.8. The predicted octanol–water partition coefficient (Wildman–Crippen LogP) is 3.10. The lowest BCUT2D eigenvalue weighted by Crippen LogP contribution is -2.48. The molecule has 2 saturated carbocycles. The van der Waals surface area contributed by atoms with Crippen LogP contribution < -0.4 is 25.4 Å². The third-order valence-electron chi connectivity index (χ3n) is 6.20. The summed E-state index contributed by atoms with van der Waals surface area (Å²) in [6.45, 7) is 0.655. The highest BCUT2D eigenvalue weighted by molar-refractivity contribution is 6.00.